The average Bonchev–Trinajstić information content (AvgIpc) is 3.01. The minimum Gasteiger partial charge on any atom is -0.377 e. The van der Waals surface area contributed by atoms with Crippen LogP contribution in [0.15, 0.2) is 24.3 Å². The third kappa shape index (κ3) is 4.31. The molecule has 6 nitrogen and oxygen atoms in total. The molecule has 3 amide bonds. The van der Waals surface area contributed by atoms with Gasteiger partial charge in [-0.05, 0) is 37.0 Å². The van der Waals surface area contributed by atoms with Crippen LogP contribution in [0.2, 0.25) is 0 Å². The number of hydrogen-bond donors (Lipinski definition) is 1. The zero-order valence-electron chi connectivity index (χ0n) is 15.0. The quantitative estimate of drug-likeness (QED) is 0.912. The van der Waals surface area contributed by atoms with Gasteiger partial charge in [0.05, 0.1) is 19.3 Å². The maximum atomic E-state index is 12.7. The highest BCUT2D eigenvalue weighted by atomic mass is 16.5. The highest BCUT2D eigenvalue weighted by Crippen LogP contribution is 2.25. The summed E-state index contributed by atoms with van der Waals surface area (Å²) >= 11 is 0. The number of ether oxygens (including phenoxy) is 1. The second-order valence-corrected chi connectivity index (χ2v) is 7.18. The van der Waals surface area contributed by atoms with Crippen molar-refractivity contribution in [2.24, 2.45) is 5.92 Å². The van der Waals surface area contributed by atoms with Gasteiger partial charge in [-0.25, -0.2) is 4.79 Å². The van der Waals surface area contributed by atoms with Crippen LogP contribution in [0.5, 0.6) is 0 Å². The Morgan fingerprint density at radius 1 is 1.36 bits per heavy atom. The molecule has 3 rings (SSSR count). The largest absolute Gasteiger partial charge is 0.377 e. The number of carbonyl (C=O) groups is 2. The van der Waals surface area contributed by atoms with Gasteiger partial charge < -0.3 is 19.9 Å². The molecule has 1 atom stereocenters. The fourth-order valence-corrected chi connectivity index (χ4v) is 3.53. The highest BCUT2D eigenvalue weighted by Gasteiger charge is 2.28. The maximum absolute atomic E-state index is 12.7. The van der Waals surface area contributed by atoms with Crippen LogP contribution in [0.4, 0.5) is 16.2 Å². The van der Waals surface area contributed by atoms with Crippen molar-refractivity contribution in [3.8, 4) is 0 Å². The lowest BCUT2D eigenvalue weighted by Gasteiger charge is -2.36. The number of hydrogen-bond acceptors (Lipinski definition) is 3. The summed E-state index contributed by atoms with van der Waals surface area (Å²) in [5.74, 6) is 0.653. The van der Waals surface area contributed by atoms with Crippen LogP contribution < -0.4 is 10.2 Å². The molecule has 2 fully saturated rings. The molecule has 2 aliphatic heterocycles. The molecular formula is C19H27N3O3. The number of nitrogens with one attached hydrogen (secondary N) is 1. The van der Waals surface area contributed by atoms with Crippen LogP contribution in [0, 0.1) is 5.92 Å². The van der Waals surface area contributed by atoms with E-state index in [1.807, 2.05) is 29.2 Å². The van der Waals surface area contributed by atoms with Gasteiger partial charge in [0.15, 0.2) is 0 Å². The first kappa shape index (κ1) is 17.7. The van der Waals surface area contributed by atoms with Gasteiger partial charge in [0, 0.05) is 30.9 Å². The number of urea groups is 1. The number of nitrogens with zero attached hydrogens (tertiary/aromatic N) is 2. The first-order chi connectivity index (χ1) is 12.0. The fourth-order valence-electron chi connectivity index (χ4n) is 3.53. The topological polar surface area (TPSA) is 61.9 Å². The van der Waals surface area contributed by atoms with Gasteiger partial charge in [-0.3, -0.25) is 4.79 Å². The molecule has 0 unspecified atom stereocenters. The van der Waals surface area contributed by atoms with Gasteiger partial charge in [0.2, 0.25) is 5.91 Å². The molecule has 1 N–H and O–H groups in total. The molecule has 0 radical (unpaired) electrons. The fraction of sp³-hybridized carbons (Fsp3) is 0.579. The van der Waals surface area contributed by atoms with Crippen LogP contribution in [0.1, 0.15) is 33.1 Å². The van der Waals surface area contributed by atoms with E-state index in [2.05, 4.69) is 19.2 Å². The van der Waals surface area contributed by atoms with E-state index in [1.54, 1.807) is 4.90 Å². The number of anilines is 2. The number of benzene rings is 1. The Balaban J connectivity index is 1.68. The van der Waals surface area contributed by atoms with Crippen molar-refractivity contribution in [3.05, 3.63) is 24.3 Å². The smallest absolute Gasteiger partial charge is 0.322 e. The molecule has 6 heteroatoms. The maximum Gasteiger partial charge on any atom is 0.322 e. The van der Waals surface area contributed by atoms with Gasteiger partial charge in [0.25, 0.3) is 0 Å². The van der Waals surface area contributed by atoms with E-state index < -0.39 is 0 Å². The summed E-state index contributed by atoms with van der Waals surface area (Å²) in [4.78, 5) is 28.3. The van der Waals surface area contributed by atoms with E-state index in [0.717, 1.165) is 30.8 Å². The van der Waals surface area contributed by atoms with E-state index in [0.29, 0.717) is 32.1 Å². The standard InChI is InChI=1S/C19H27N3O3/c1-14(2)11-17-13-25-10-9-22(17)19(24)20-15-5-3-6-16(12-15)21-8-4-7-18(21)23/h3,5-6,12,14,17H,4,7-11,13H2,1-2H3,(H,20,24)/t17-/m1/s1. The molecule has 0 saturated carbocycles. The van der Waals surface area contributed by atoms with Crippen molar-refractivity contribution in [2.75, 3.05) is 36.5 Å². The first-order valence-corrected chi connectivity index (χ1v) is 9.10. The molecule has 1 aromatic carbocycles. The van der Waals surface area contributed by atoms with Gasteiger partial charge in [-0.15, -0.1) is 0 Å². The highest BCUT2D eigenvalue weighted by molar-refractivity contribution is 5.96. The Hall–Kier alpha value is -2.08. The summed E-state index contributed by atoms with van der Waals surface area (Å²) in [6, 6.07) is 7.53. The summed E-state index contributed by atoms with van der Waals surface area (Å²) in [7, 11) is 0. The molecular weight excluding hydrogens is 318 g/mol. The minimum atomic E-state index is -0.0983. The summed E-state index contributed by atoms with van der Waals surface area (Å²) in [5.41, 5.74) is 1.57. The summed E-state index contributed by atoms with van der Waals surface area (Å²) < 4.78 is 5.55. The molecule has 0 aliphatic carbocycles. The molecule has 1 aromatic rings. The van der Waals surface area contributed by atoms with Crippen molar-refractivity contribution < 1.29 is 14.3 Å². The lowest BCUT2D eigenvalue weighted by Crippen LogP contribution is -2.50. The lowest BCUT2D eigenvalue weighted by atomic mass is 10.0. The van der Waals surface area contributed by atoms with E-state index in [9.17, 15) is 9.59 Å². The Morgan fingerprint density at radius 3 is 2.92 bits per heavy atom. The van der Waals surface area contributed by atoms with Crippen LogP contribution in [-0.4, -0.2) is 49.2 Å². The number of amides is 3. The summed E-state index contributed by atoms with van der Waals surface area (Å²) in [6.45, 7) is 6.82. The van der Waals surface area contributed by atoms with Gasteiger partial charge in [-0.2, -0.15) is 0 Å². The third-order valence-electron chi connectivity index (χ3n) is 4.71. The Labute approximate surface area is 149 Å². The van der Waals surface area contributed by atoms with Crippen molar-refractivity contribution in [1.82, 2.24) is 4.90 Å². The van der Waals surface area contributed by atoms with E-state index >= 15 is 0 Å². The van der Waals surface area contributed by atoms with Gasteiger partial charge in [-0.1, -0.05) is 19.9 Å². The van der Waals surface area contributed by atoms with Crippen LogP contribution in [0.25, 0.3) is 0 Å². The molecule has 0 spiro atoms. The Kier molecular flexibility index (Phi) is 5.58. The van der Waals surface area contributed by atoms with Crippen LogP contribution in [0.3, 0.4) is 0 Å². The summed E-state index contributed by atoms with van der Waals surface area (Å²) in [5, 5.41) is 2.99. The Bertz CT molecular complexity index is 632. The van der Waals surface area contributed by atoms with Crippen LogP contribution >= 0.6 is 0 Å². The van der Waals surface area contributed by atoms with Gasteiger partial charge in [0.1, 0.15) is 0 Å². The average molecular weight is 345 g/mol. The van der Waals surface area contributed by atoms with E-state index in [-0.39, 0.29) is 18.0 Å². The minimum absolute atomic E-state index is 0.0983. The number of morpholine rings is 1. The zero-order chi connectivity index (χ0) is 17.8. The second-order valence-electron chi connectivity index (χ2n) is 7.18. The molecule has 2 saturated heterocycles. The van der Waals surface area contributed by atoms with E-state index in [4.69, 9.17) is 4.74 Å². The second kappa shape index (κ2) is 7.87. The molecule has 25 heavy (non-hydrogen) atoms. The molecule has 136 valence electrons. The monoisotopic (exact) mass is 345 g/mol. The van der Waals surface area contributed by atoms with Crippen molar-refractivity contribution in [3.63, 3.8) is 0 Å². The predicted molar refractivity (Wildman–Crippen MR) is 97.8 cm³/mol. The summed E-state index contributed by atoms with van der Waals surface area (Å²) in [6.07, 6.45) is 2.41. The molecule has 2 heterocycles. The normalized spacial score (nSPS) is 21.1. The third-order valence-corrected chi connectivity index (χ3v) is 4.71. The lowest BCUT2D eigenvalue weighted by molar-refractivity contribution is -0.117. The Morgan fingerprint density at radius 2 is 2.20 bits per heavy atom. The van der Waals surface area contributed by atoms with Crippen molar-refractivity contribution >= 4 is 23.3 Å². The first-order valence-electron chi connectivity index (χ1n) is 9.10. The van der Waals surface area contributed by atoms with Crippen molar-refractivity contribution in [2.45, 2.75) is 39.2 Å². The molecule has 0 bridgehead atoms. The van der Waals surface area contributed by atoms with Crippen LogP contribution in [-0.2, 0) is 9.53 Å². The van der Waals surface area contributed by atoms with E-state index in [1.165, 1.54) is 0 Å². The predicted octanol–water partition coefficient (Wildman–Crippen LogP) is 3.09. The van der Waals surface area contributed by atoms with Gasteiger partial charge >= 0.3 is 6.03 Å². The molecule has 0 aromatic heterocycles. The zero-order valence-corrected chi connectivity index (χ0v) is 15.0. The SMILES string of the molecule is CC(C)C[C@@H]1COCCN1C(=O)Nc1cccc(N2CCCC2=O)c1. The molecule has 2 aliphatic rings. The number of carbonyl (C=O) groups excluding carboxylic acids is 2. The number of rotatable bonds is 4. The van der Waals surface area contributed by atoms with Crippen molar-refractivity contribution in [1.29, 1.82) is 0 Å².